The van der Waals surface area contributed by atoms with Gasteiger partial charge in [0.15, 0.2) is 6.29 Å². The third-order valence-electron chi connectivity index (χ3n) is 11.1. The molecule has 0 aliphatic carbocycles. The van der Waals surface area contributed by atoms with Crippen LogP contribution in [0.4, 0.5) is 0 Å². The SMILES string of the molecule is C/C=C/CC/C=C/CCCC(O)C(O)C(COC1OC(CO)C(O)C(O)C1O)NC(=O)C(O)CCCCCCCCCCCCCCCCCCCCCCC. The number of nitrogens with one attached hydrogen (secondary N) is 1. The topological polar surface area (TPSA) is 189 Å². The summed E-state index contributed by atoms with van der Waals surface area (Å²) in [6.45, 7) is 3.17. The largest absolute Gasteiger partial charge is 0.394 e. The average molecular weight is 800 g/mol. The highest BCUT2D eigenvalue weighted by molar-refractivity contribution is 5.80. The normalized spacial score (nSPS) is 22.5. The van der Waals surface area contributed by atoms with Crippen molar-refractivity contribution in [1.82, 2.24) is 5.32 Å². The molecule has 330 valence electrons. The predicted molar refractivity (Wildman–Crippen MR) is 224 cm³/mol. The molecule has 1 rings (SSSR count). The summed E-state index contributed by atoms with van der Waals surface area (Å²) in [6, 6.07) is -1.18. The molecule has 9 unspecified atom stereocenters. The van der Waals surface area contributed by atoms with Crippen LogP contribution in [0, 0.1) is 0 Å². The molecule has 8 N–H and O–H groups in total. The molecular weight excluding hydrogens is 714 g/mol. The Hall–Kier alpha value is -1.41. The Balaban J connectivity index is 2.35. The Kier molecular flexibility index (Phi) is 33.4. The van der Waals surface area contributed by atoms with Crippen LogP contribution in [0.1, 0.15) is 187 Å². The Morgan fingerprint density at radius 2 is 1.12 bits per heavy atom. The van der Waals surface area contributed by atoms with Crippen LogP contribution in [0.5, 0.6) is 0 Å². The molecule has 1 aliphatic heterocycles. The van der Waals surface area contributed by atoms with Crippen LogP contribution in [0.2, 0.25) is 0 Å². The van der Waals surface area contributed by atoms with E-state index in [-0.39, 0.29) is 12.8 Å². The maximum absolute atomic E-state index is 13.0. The Morgan fingerprint density at radius 3 is 1.62 bits per heavy atom. The molecule has 9 atom stereocenters. The fourth-order valence-corrected chi connectivity index (χ4v) is 7.29. The van der Waals surface area contributed by atoms with E-state index in [9.17, 15) is 40.5 Å². The van der Waals surface area contributed by atoms with E-state index in [2.05, 4.69) is 24.4 Å². The number of rotatable bonds is 37. The van der Waals surface area contributed by atoms with Crippen molar-refractivity contribution in [3.8, 4) is 0 Å². The highest BCUT2D eigenvalue weighted by Gasteiger charge is 2.44. The molecule has 56 heavy (non-hydrogen) atoms. The minimum atomic E-state index is -1.67. The number of hydrogen-bond donors (Lipinski definition) is 8. The molecule has 1 heterocycles. The molecule has 11 nitrogen and oxygen atoms in total. The molecule has 11 heteroatoms. The summed E-state index contributed by atoms with van der Waals surface area (Å²) in [4.78, 5) is 13.0. The van der Waals surface area contributed by atoms with Crippen molar-refractivity contribution in [3.63, 3.8) is 0 Å². The zero-order valence-corrected chi connectivity index (χ0v) is 35.4. The standard InChI is InChI=1S/C45H85NO10/c1-3-5-7-9-11-13-14-15-16-17-18-19-20-21-22-23-24-25-27-29-31-33-38(49)44(54)46-36(35-55-45-43(53)42(52)41(51)39(34-47)56-45)40(50)37(48)32-30-28-26-12-10-8-6-4-2/h4,6,12,26,36-43,45,47-53H,3,5,7-11,13-25,27-35H2,1-2H3,(H,46,54)/b6-4+,26-12+. The van der Waals surface area contributed by atoms with Crippen molar-refractivity contribution in [2.24, 2.45) is 0 Å². The number of aliphatic hydroxyl groups is 7. The number of allylic oxidation sites excluding steroid dienone is 4. The van der Waals surface area contributed by atoms with Crippen LogP contribution in [0.25, 0.3) is 0 Å². The maximum atomic E-state index is 13.0. The van der Waals surface area contributed by atoms with Crippen molar-refractivity contribution in [2.75, 3.05) is 13.2 Å². The van der Waals surface area contributed by atoms with E-state index in [0.717, 1.165) is 32.1 Å². The van der Waals surface area contributed by atoms with E-state index in [4.69, 9.17) is 9.47 Å². The van der Waals surface area contributed by atoms with Crippen LogP contribution in [0.3, 0.4) is 0 Å². The van der Waals surface area contributed by atoms with Gasteiger partial charge in [0.2, 0.25) is 5.91 Å². The van der Waals surface area contributed by atoms with Crippen LogP contribution in [0.15, 0.2) is 24.3 Å². The first-order chi connectivity index (χ1) is 27.2. The van der Waals surface area contributed by atoms with Gasteiger partial charge >= 0.3 is 0 Å². The van der Waals surface area contributed by atoms with E-state index in [1.165, 1.54) is 109 Å². The molecule has 1 aliphatic rings. The zero-order valence-electron chi connectivity index (χ0n) is 35.4. The van der Waals surface area contributed by atoms with Gasteiger partial charge in [-0.2, -0.15) is 0 Å². The Morgan fingerprint density at radius 1 is 0.643 bits per heavy atom. The van der Waals surface area contributed by atoms with Gasteiger partial charge in [0.05, 0.1) is 25.4 Å². The van der Waals surface area contributed by atoms with E-state index in [0.29, 0.717) is 19.3 Å². The van der Waals surface area contributed by atoms with Gasteiger partial charge in [-0.15, -0.1) is 0 Å². The van der Waals surface area contributed by atoms with Crippen molar-refractivity contribution < 1.29 is 50.0 Å². The minimum Gasteiger partial charge on any atom is -0.394 e. The van der Waals surface area contributed by atoms with Crippen LogP contribution < -0.4 is 5.32 Å². The van der Waals surface area contributed by atoms with Gasteiger partial charge in [-0.1, -0.05) is 166 Å². The minimum absolute atomic E-state index is 0.245. The first kappa shape index (κ1) is 52.6. The van der Waals surface area contributed by atoms with Gasteiger partial charge in [0.1, 0.15) is 36.6 Å². The molecule has 0 aromatic rings. The lowest BCUT2D eigenvalue weighted by Crippen LogP contribution is -2.60. The van der Waals surface area contributed by atoms with Gasteiger partial charge in [-0.3, -0.25) is 4.79 Å². The van der Waals surface area contributed by atoms with E-state index in [1.807, 2.05) is 19.1 Å². The summed E-state index contributed by atoms with van der Waals surface area (Å²) in [5.74, 6) is -0.712. The number of hydrogen-bond acceptors (Lipinski definition) is 10. The number of amides is 1. The molecule has 0 radical (unpaired) electrons. The van der Waals surface area contributed by atoms with Crippen molar-refractivity contribution >= 4 is 5.91 Å². The number of ether oxygens (including phenoxy) is 2. The summed E-state index contributed by atoms with van der Waals surface area (Å²) in [5.41, 5.74) is 0. The molecule has 0 saturated carbocycles. The van der Waals surface area contributed by atoms with E-state index >= 15 is 0 Å². The third-order valence-corrected chi connectivity index (χ3v) is 11.1. The second-order valence-corrected chi connectivity index (χ2v) is 16.1. The van der Waals surface area contributed by atoms with Crippen LogP contribution in [-0.2, 0) is 14.3 Å². The highest BCUT2D eigenvalue weighted by Crippen LogP contribution is 2.23. The van der Waals surface area contributed by atoms with Gasteiger partial charge in [-0.05, 0) is 45.4 Å². The lowest BCUT2D eigenvalue weighted by Gasteiger charge is -2.40. The molecule has 1 saturated heterocycles. The lowest BCUT2D eigenvalue weighted by molar-refractivity contribution is -0.303. The van der Waals surface area contributed by atoms with Gasteiger partial charge in [0, 0.05) is 0 Å². The number of aliphatic hydroxyl groups excluding tert-OH is 7. The fourth-order valence-electron chi connectivity index (χ4n) is 7.29. The quantitative estimate of drug-likeness (QED) is 0.0239. The molecule has 0 bridgehead atoms. The molecule has 1 fully saturated rings. The van der Waals surface area contributed by atoms with E-state index < -0.39 is 74.2 Å². The lowest BCUT2D eigenvalue weighted by atomic mass is 9.98. The summed E-state index contributed by atoms with van der Waals surface area (Å²) >= 11 is 0. The van der Waals surface area contributed by atoms with E-state index in [1.54, 1.807) is 0 Å². The Bertz CT molecular complexity index is 965. The second kappa shape index (κ2) is 35.5. The number of carbonyl (C=O) groups excluding carboxylic acids is 1. The third kappa shape index (κ3) is 25.2. The fraction of sp³-hybridized carbons (Fsp3) is 0.889. The molecular formula is C45H85NO10. The molecule has 0 spiro atoms. The summed E-state index contributed by atoms with van der Waals surface area (Å²) in [7, 11) is 0. The first-order valence-electron chi connectivity index (χ1n) is 22.7. The average Bonchev–Trinajstić information content (AvgIpc) is 3.20. The predicted octanol–water partition coefficient (Wildman–Crippen LogP) is 7.06. The van der Waals surface area contributed by atoms with Crippen molar-refractivity contribution in [1.29, 1.82) is 0 Å². The van der Waals surface area contributed by atoms with Gasteiger partial charge in [-0.25, -0.2) is 0 Å². The summed E-state index contributed by atoms with van der Waals surface area (Å²) in [6.07, 6.45) is 27.1. The highest BCUT2D eigenvalue weighted by atomic mass is 16.7. The summed E-state index contributed by atoms with van der Waals surface area (Å²) in [5, 5.41) is 75.2. The smallest absolute Gasteiger partial charge is 0.249 e. The summed E-state index contributed by atoms with van der Waals surface area (Å²) < 4.78 is 11.0. The first-order valence-corrected chi connectivity index (χ1v) is 22.7. The second-order valence-electron chi connectivity index (χ2n) is 16.1. The van der Waals surface area contributed by atoms with Crippen LogP contribution >= 0.6 is 0 Å². The number of carbonyl (C=O) groups is 1. The molecule has 0 aromatic carbocycles. The monoisotopic (exact) mass is 800 g/mol. The molecule has 1 amide bonds. The zero-order chi connectivity index (χ0) is 41.2. The van der Waals surface area contributed by atoms with Crippen molar-refractivity contribution in [3.05, 3.63) is 24.3 Å². The van der Waals surface area contributed by atoms with Crippen LogP contribution in [-0.4, -0.2) is 110 Å². The van der Waals surface area contributed by atoms with Gasteiger partial charge in [0.25, 0.3) is 0 Å². The maximum Gasteiger partial charge on any atom is 0.249 e. The Labute approximate surface area is 340 Å². The number of unbranched alkanes of at least 4 members (excludes halogenated alkanes) is 22. The molecule has 0 aromatic heterocycles. The van der Waals surface area contributed by atoms with Crippen molar-refractivity contribution in [2.45, 2.75) is 242 Å². The van der Waals surface area contributed by atoms with Gasteiger partial charge < -0.3 is 50.5 Å².